The molecule has 0 spiro atoms. The number of benzene rings is 1. The highest BCUT2D eigenvalue weighted by molar-refractivity contribution is 5.66. The fraction of sp³-hybridized carbons (Fsp3) is 0.500. The maximum Gasteiger partial charge on any atom is 0.142 e. The molecule has 1 atom stereocenters. The molecule has 0 amide bonds. The van der Waals surface area contributed by atoms with Crippen molar-refractivity contribution >= 4 is 5.69 Å². The molecule has 1 unspecified atom stereocenters. The number of hydrogen-bond acceptors (Lipinski definition) is 3. The molecule has 0 fully saturated rings. The normalized spacial score (nSPS) is 18.4. The number of para-hydroxylation sites is 1. The van der Waals surface area contributed by atoms with Crippen molar-refractivity contribution in [2.24, 2.45) is 5.73 Å². The highest BCUT2D eigenvalue weighted by Crippen LogP contribution is 2.35. The molecule has 1 aromatic rings. The second-order valence-corrected chi connectivity index (χ2v) is 3.97. The Kier molecular flexibility index (Phi) is 3.11. The molecular weight excluding hydrogens is 188 g/mol. The lowest BCUT2D eigenvalue weighted by Crippen LogP contribution is -2.17. The van der Waals surface area contributed by atoms with Gasteiger partial charge in [-0.2, -0.15) is 0 Å². The largest absolute Gasteiger partial charge is 0.495 e. The Morgan fingerprint density at radius 3 is 3.13 bits per heavy atom. The number of ether oxygens (including phenoxy) is 1. The van der Waals surface area contributed by atoms with E-state index in [1.165, 1.54) is 11.3 Å². The van der Waals surface area contributed by atoms with E-state index in [-0.39, 0.29) is 0 Å². The SMILES string of the molecule is COc1cccc2c1NC(CCCN)C2. The Hall–Kier alpha value is -1.22. The third kappa shape index (κ3) is 2.07. The lowest BCUT2D eigenvalue weighted by molar-refractivity contribution is 0.416. The van der Waals surface area contributed by atoms with E-state index in [1.54, 1.807) is 7.11 Å². The number of nitrogens with two attached hydrogens (primary N) is 1. The number of nitrogens with one attached hydrogen (secondary N) is 1. The molecule has 0 aliphatic carbocycles. The van der Waals surface area contributed by atoms with Gasteiger partial charge in [-0.05, 0) is 37.4 Å². The molecule has 0 aromatic heterocycles. The smallest absolute Gasteiger partial charge is 0.142 e. The molecule has 0 bridgehead atoms. The van der Waals surface area contributed by atoms with E-state index < -0.39 is 0 Å². The van der Waals surface area contributed by atoms with Crippen LogP contribution in [0.15, 0.2) is 18.2 Å². The molecule has 0 saturated heterocycles. The van der Waals surface area contributed by atoms with E-state index in [9.17, 15) is 0 Å². The van der Waals surface area contributed by atoms with Crippen molar-refractivity contribution in [1.82, 2.24) is 0 Å². The van der Waals surface area contributed by atoms with Crippen molar-refractivity contribution in [2.45, 2.75) is 25.3 Å². The molecule has 1 aromatic carbocycles. The van der Waals surface area contributed by atoms with Gasteiger partial charge in [-0.3, -0.25) is 0 Å². The molecule has 3 heteroatoms. The van der Waals surface area contributed by atoms with Crippen LogP contribution < -0.4 is 15.8 Å². The summed E-state index contributed by atoms with van der Waals surface area (Å²) in [5, 5.41) is 3.51. The van der Waals surface area contributed by atoms with Gasteiger partial charge < -0.3 is 15.8 Å². The van der Waals surface area contributed by atoms with E-state index >= 15 is 0 Å². The maximum absolute atomic E-state index is 5.52. The first-order valence-corrected chi connectivity index (χ1v) is 5.47. The topological polar surface area (TPSA) is 47.3 Å². The van der Waals surface area contributed by atoms with E-state index in [0.717, 1.165) is 31.6 Å². The van der Waals surface area contributed by atoms with Gasteiger partial charge in [0, 0.05) is 6.04 Å². The molecule has 2 rings (SSSR count). The molecule has 0 radical (unpaired) electrons. The van der Waals surface area contributed by atoms with Gasteiger partial charge in [-0.15, -0.1) is 0 Å². The minimum Gasteiger partial charge on any atom is -0.495 e. The van der Waals surface area contributed by atoms with Crippen LogP contribution in [0, 0.1) is 0 Å². The van der Waals surface area contributed by atoms with Gasteiger partial charge in [-0.25, -0.2) is 0 Å². The molecule has 1 aliphatic heterocycles. The maximum atomic E-state index is 5.52. The van der Waals surface area contributed by atoms with Crippen LogP contribution in [-0.2, 0) is 6.42 Å². The van der Waals surface area contributed by atoms with E-state index in [1.807, 2.05) is 12.1 Å². The fourth-order valence-corrected chi connectivity index (χ4v) is 2.14. The average molecular weight is 206 g/mol. The molecule has 1 heterocycles. The lowest BCUT2D eigenvalue weighted by Gasteiger charge is -2.11. The number of anilines is 1. The predicted molar refractivity (Wildman–Crippen MR) is 62.4 cm³/mol. The summed E-state index contributed by atoms with van der Waals surface area (Å²) in [5.41, 5.74) is 8.04. The van der Waals surface area contributed by atoms with Gasteiger partial charge in [0.05, 0.1) is 12.8 Å². The first kappa shape index (κ1) is 10.3. The zero-order valence-electron chi connectivity index (χ0n) is 9.12. The van der Waals surface area contributed by atoms with Gasteiger partial charge in [0.15, 0.2) is 0 Å². The highest BCUT2D eigenvalue weighted by atomic mass is 16.5. The second-order valence-electron chi connectivity index (χ2n) is 3.97. The molecule has 3 N–H and O–H groups in total. The summed E-state index contributed by atoms with van der Waals surface area (Å²) >= 11 is 0. The van der Waals surface area contributed by atoms with Crippen LogP contribution in [0.1, 0.15) is 18.4 Å². The standard InChI is InChI=1S/C12H18N2O/c1-15-11-6-2-4-9-8-10(5-3-7-13)14-12(9)11/h2,4,6,10,14H,3,5,7-8,13H2,1H3. The van der Waals surface area contributed by atoms with Crippen LogP contribution in [0.4, 0.5) is 5.69 Å². The Bertz CT molecular complexity index is 338. The number of methoxy groups -OCH3 is 1. The Morgan fingerprint density at radius 1 is 1.53 bits per heavy atom. The van der Waals surface area contributed by atoms with Crippen LogP contribution in [0.2, 0.25) is 0 Å². The zero-order chi connectivity index (χ0) is 10.7. The van der Waals surface area contributed by atoms with Gasteiger partial charge in [0.2, 0.25) is 0 Å². The molecule has 3 nitrogen and oxygen atoms in total. The summed E-state index contributed by atoms with van der Waals surface area (Å²) in [4.78, 5) is 0. The minimum atomic E-state index is 0.528. The van der Waals surface area contributed by atoms with Crippen molar-refractivity contribution in [3.8, 4) is 5.75 Å². The van der Waals surface area contributed by atoms with Crippen LogP contribution in [0.3, 0.4) is 0 Å². The Morgan fingerprint density at radius 2 is 2.40 bits per heavy atom. The van der Waals surface area contributed by atoms with Gasteiger partial charge in [0.1, 0.15) is 5.75 Å². The summed E-state index contributed by atoms with van der Waals surface area (Å²) in [5.74, 6) is 0.947. The fourth-order valence-electron chi connectivity index (χ4n) is 2.14. The Balaban J connectivity index is 2.09. The molecule has 0 saturated carbocycles. The monoisotopic (exact) mass is 206 g/mol. The van der Waals surface area contributed by atoms with E-state index in [4.69, 9.17) is 10.5 Å². The van der Waals surface area contributed by atoms with Gasteiger partial charge >= 0.3 is 0 Å². The summed E-state index contributed by atoms with van der Waals surface area (Å²) in [7, 11) is 1.71. The number of fused-ring (bicyclic) bond motifs is 1. The van der Waals surface area contributed by atoms with Crippen LogP contribution in [0.5, 0.6) is 5.75 Å². The average Bonchev–Trinajstić information content (AvgIpc) is 2.68. The van der Waals surface area contributed by atoms with Gasteiger partial charge in [-0.1, -0.05) is 12.1 Å². The van der Waals surface area contributed by atoms with Crippen molar-refractivity contribution in [3.05, 3.63) is 23.8 Å². The molecule has 82 valence electrons. The third-order valence-corrected chi connectivity index (χ3v) is 2.90. The first-order valence-electron chi connectivity index (χ1n) is 5.47. The lowest BCUT2D eigenvalue weighted by atomic mass is 10.1. The summed E-state index contributed by atoms with van der Waals surface area (Å²) in [6.07, 6.45) is 3.30. The zero-order valence-corrected chi connectivity index (χ0v) is 9.12. The molecular formula is C12H18N2O. The van der Waals surface area contributed by atoms with Crippen LogP contribution in [-0.4, -0.2) is 19.7 Å². The van der Waals surface area contributed by atoms with Gasteiger partial charge in [0.25, 0.3) is 0 Å². The number of hydrogen-bond donors (Lipinski definition) is 2. The van der Waals surface area contributed by atoms with Crippen molar-refractivity contribution in [2.75, 3.05) is 19.0 Å². The second kappa shape index (κ2) is 4.53. The predicted octanol–water partition coefficient (Wildman–Crippen LogP) is 1.77. The minimum absolute atomic E-state index is 0.528. The molecule has 1 aliphatic rings. The van der Waals surface area contributed by atoms with E-state index in [2.05, 4.69) is 11.4 Å². The summed E-state index contributed by atoms with van der Waals surface area (Å²) < 4.78 is 5.32. The van der Waals surface area contributed by atoms with E-state index in [0.29, 0.717) is 6.04 Å². The third-order valence-electron chi connectivity index (χ3n) is 2.90. The quantitative estimate of drug-likeness (QED) is 0.789. The highest BCUT2D eigenvalue weighted by Gasteiger charge is 2.22. The molecule has 15 heavy (non-hydrogen) atoms. The van der Waals surface area contributed by atoms with Crippen LogP contribution >= 0.6 is 0 Å². The van der Waals surface area contributed by atoms with Crippen LogP contribution in [0.25, 0.3) is 0 Å². The Labute approximate surface area is 90.6 Å². The number of rotatable bonds is 4. The summed E-state index contributed by atoms with van der Waals surface area (Å²) in [6.45, 7) is 0.770. The van der Waals surface area contributed by atoms with Crippen molar-refractivity contribution < 1.29 is 4.74 Å². The summed E-state index contributed by atoms with van der Waals surface area (Å²) in [6, 6.07) is 6.73. The van der Waals surface area contributed by atoms with Crippen molar-refractivity contribution in [3.63, 3.8) is 0 Å². The first-order chi connectivity index (χ1) is 7.35. The van der Waals surface area contributed by atoms with Crippen molar-refractivity contribution in [1.29, 1.82) is 0 Å².